The summed E-state index contributed by atoms with van der Waals surface area (Å²) in [7, 11) is 0. The van der Waals surface area contributed by atoms with Crippen molar-refractivity contribution in [3.63, 3.8) is 0 Å². The Bertz CT molecular complexity index is 283. The highest BCUT2D eigenvalue weighted by molar-refractivity contribution is 5.81. The van der Waals surface area contributed by atoms with Crippen LogP contribution in [0.5, 0.6) is 0 Å². The molecule has 84 valence electrons. The lowest BCUT2D eigenvalue weighted by molar-refractivity contribution is -0.122. The quantitative estimate of drug-likeness (QED) is 0.737. The molecular weight excluding hydrogens is 192 g/mol. The second kappa shape index (κ2) is 6.24. The van der Waals surface area contributed by atoms with Gasteiger partial charge in [0.05, 0.1) is 12.3 Å². The molecule has 1 heterocycles. The Morgan fingerprint density at radius 2 is 2.47 bits per heavy atom. The van der Waals surface area contributed by atoms with Crippen molar-refractivity contribution in [3.05, 3.63) is 24.2 Å². The van der Waals surface area contributed by atoms with Crippen molar-refractivity contribution in [2.45, 2.75) is 32.2 Å². The second-order valence-electron chi connectivity index (χ2n) is 3.52. The topological polar surface area (TPSA) is 68.3 Å². The first kappa shape index (κ1) is 11.8. The molecule has 1 amide bonds. The molecule has 1 aromatic heterocycles. The molecule has 0 aliphatic heterocycles. The lowest BCUT2D eigenvalue weighted by atomic mass is 10.1. The summed E-state index contributed by atoms with van der Waals surface area (Å²) in [5.41, 5.74) is 5.65. The summed E-state index contributed by atoms with van der Waals surface area (Å²) in [6, 6.07) is 3.34. The van der Waals surface area contributed by atoms with Crippen molar-refractivity contribution in [2.75, 3.05) is 6.54 Å². The Labute approximate surface area is 89.8 Å². The Morgan fingerprint density at radius 3 is 3.07 bits per heavy atom. The van der Waals surface area contributed by atoms with Gasteiger partial charge in [-0.2, -0.15) is 0 Å². The SMILES string of the molecule is CCC[C@H](N)C(=O)NCCc1ccco1. The molecule has 0 saturated heterocycles. The fraction of sp³-hybridized carbons (Fsp3) is 0.545. The molecule has 4 nitrogen and oxygen atoms in total. The summed E-state index contributed by atoms with van der Waals surface area (Å²) < 4.78 is 5.14. The third kappa shape index (κ3) is 4.16. The Morgan fingerprint density at radius 1 is 1.67 bits per heavy atom. The largest absolute Gasteiger partial charge is 0.469 e. The van der Waals surface area contributed by atoms with E-state index in [1.807, 2.05) is 19.1 Å². The van der Waals surface area contributed by atoms with Crippen molar-refractivity contribution in [1.29, 1.82) is 0 Å². The fourth-order valence-electron chi connectivity index (χ4n) is 1.34. The van der Waals surface area contributed by atoms with Crippen LogP contribution >= 0.6 is 0 Å². The number of nitrogens with one attached hydrogen (secondary N) is 1. The van der Waals surface area contributed by atoms with Gasteiger partial charge in [-0.25, -0.2) is 0 Å². The Kier molecular flexibility index (Phi) is 4.90. The van der Waals surface area contributed by atoms with Gasteiger partial charge in [0, 0.05) is 13.0 Å². The second-order valence-corrected chi connectivity index (χ2v) is 3.52. The molecule has 0 radical (unpaired) electrons. The van der Waals surface area contributed by atoms with Gasteiger partial charge in [0.25, 0.3) is 0 Å². The molecule has 1 rings (SSSR count). The number of carbonyl (C=O) groups is 1. The zero-order valence-electron chi connectivity index (χ0n) is 9.03. The minimum absolute atomic E-state index is 0.0802. The molecule has 1 aromatic rings. The first-order valence-electron chi connectivity index (χ1n) is 5.29. The number of carbonyl (C=O) groups excluding carboxylic acids is 1. The third-order valence-corrected chi connectivity index (χ3v) is 2.19. The number of hydrogen-bond acceptors (Lipinski definition) is 3. The van der Waals surface area contributed by atoms with Crippen LogP contribution in [0.15, 0.2) is 22.8 Å². The maximum Gasteiger partial charge on any atom is 0.236 e. The van der Waals surface area contributed by atoms with Crippen LogP contribution in [0, 0.1) is 0 Å². The summed E-state index contributed by atoms with van der Waals surface area (Å²) in [4.78, 5) is 11.4. The Hall–Kier alpha value is -1.29. The van der Waals surface area contributed by atoms with Crippen LogP contribution in [0.3, 0.4) is 0 Å². The lowest BCUT2D eigenvalue weighted by Crippen LogP contribution is -2.41. The van der Waals surface area contributed by atoms with E-state index in [2.05, 4.69) is 5.32 Å². The number of amides is 1. The van der Waals surface area contributed by atoms with E-state index in [1.54, 1.807) is 6.26 Å². The zero-order valence-corrected chi connectivity index (χ0v) is 9.03. The molecule has 0 saturated carbocycles. The molecule has 0 aliphatic carbocycles. The van der Waals surface area contributed by atoms with Crippen LogP contribution in [-0.2, 0) is 11.2 Å². The lowest BCUT2D eigenvalue weighted by Gasteiger charge is -2.10. The first-order valence-corrected chi connectivity index (χ1v) is 5.29. The van der Waals surface area contributed by atoms with E-state index < -0.39 is 0 Å². The molecule has 1 atom stereocenters. The van der Waals surface area contributed by atoms with E-state index >= 15 is 0 Å². The maximum absolute atomic E-state index is 11.4. The van der Waals surface area contributed by atoms with Crippen molar-refractivity contribution >= 4 is 5.91 Å². The van der Waals surface area contributed by atoms with E-state index in [0.29, 0.717) is 13.0 Å². The van der Waals surface area contributed by atoms with Crippen LogP contribution in [0.1, 0.15) is 25.5 Å². The average molecular weight is 210 g/mol. The van der Waals surface area contributed by atoms with Gasteiger partial charge in [0.1, 0.15) is 5.76 Å². The minimum Gasteiger partial charge on any atom is -0.469 e. The number of furan rings is 1. The predicted octanol–water partition coefficient (Wildman–Crippen LogP) is 1.07. The van der Waals surface area contributed by atoms with Gasteiger partial charge < -0.3 is 15.5 Å². The summed E-state index contributed by atoms with van der Waals surface area (Å²) in [6.07, 6.45) is 3.98. The summed E-state index contributed by atoms with van der Waals surface area (Å²) in [6.45, 7) is 2.58. The maximum atomic E-state index is 11.4. The fourth-order valence-corrected chi connectivity index (χ4v) is 1.34. The molecule has 0 aliphatic rings. The predicted molar refractivity (Wildman–Crippen MR) is 58.3 cm³/mol. The summed E-state index contributed by atoms with van der Waals surface area (Å²) in [5, 5.41) is 2.78. The first-order chi connectivity index (χ1) is 7.24. The number of rotatable bonds is 6. The van der Waals surface area contributed by atoms with Gasteiger partial charge in [-0.05, 0) is 18.6 Å². The summed E-state index contributed by atoms with van der Waals surface area (Å²) >= 11 is 0. The summed E-state index contributed by atoms with van der Waals surface area (Å²) in [5.74, 6) is 0.794. The highest BCUT2D eigenvalue weighted by Gasteiger charge is 2.10. The van der Waals surface area contributed by atoms with Crippen LogP contribution < -0.4 is 11.1 Å². The van der Waals surface area contributed by atoms with E-state index in [-0.39, 0.29) is 11.9 Å². The van der Waals surface area contributed by atoms with Crippen LogP contribution in [0.4, 0.5) is 0 Å². The van der Waals surface area contributed by atoms with Gasteiger partial charge >= 0.3 is 0 Å². The average Bonchev–Trinajstić information content (AvgIpc) is 2.71. The molecule has 4 heteroatoms. The van der Waals surface area contributed by atoms with Crippen molar-refractivity contribution < 1.29 is 9.21 Å². The van der Waals surface area contributed by atoms with Gasteiger partial charge in [-0.15, -0.1) is 0 Å². The smallest absolute Gasteiger partial charge is 0.236 e. The molecule has 15 heavy (non-hydrogen) atoms. The molecule has 0 fully saturated rings. The van der Waals surface area contributed by atoms with Crippen molar-refractivity contribution in [1.82, 2.24) is 5.32 Å². The van der Waals surface area contributed by atoms with E-state index in [1.165, 1.54) is 0 Å². The van der Waals surface area contributed by atoms with Gasteiger partial charge in [-0.3, -0.25) is 4.79 Å². The van der Waals surface area contributed by atoms with Gasteiger partial charge in [0.2, 0.25) is 5.91 Å². The van der Waals surface area contributed by atoms with E-state index in [9.17, 15) is 4.79 Å². The normalized spacial score (nSPS) is 12.4. The molecule has 0 bridgehead atoms. The van der Waals surface area contributed by atoms with Gasteiger partial charge in [-0.1, -0.05) is 13.3 Å². The molecular formula is C11H18N2O2. The minimum atomic E-state index is -0.383. The van der Waals surface area contributed by atoms with Crippen molar-refractivity contribution in [3.8, 4) is 0 Å². The number of nitrogens with two attached hydrogens (primary N) is 1. The Balaban J connectivity index is 2.17. The standard InChI is InChI=1S/C11H18N2O2/c1-2-4-10(12)11(14)13-7-6-9-5-3-8-15-9/h3,5,8,10H,2,4,6-7,12H2,1H3,(H,13,14)/t10-/m0/s1. The molecule has 0 spiro atoms. The van der Waals surface area contributed by atoms with Crippen LogP contribution in [0.2, 0.25) is 0 Å². The third-order valence-electron chi connectivity index (χ3n) is 2.19. The van der Waals surface area contributed by atoms with Crippen LogP contribution in [-0.4, -0.2) is 18.5 Å². The van der Waals surface area contributed by atoms with E-state index in [4.69, 9.17) is 10.2 Å². The highest BCUT2D eigenvalue weighted by atomic mass is 16.3. The number of hydrogen-bond donors (Lipinski definition) is 2. The molecule has 0 unspecified atom stereocenters. The monoisotopic (exact) mass is 210 g/mol. The molecule has 3 N–H and O–H groups in total. The zero-order chi connectivity index (χ0) is 11.1. The van der Waals surface area contributed by atoms with Gasteiger partial charge in [0.15, 0.2) is 0 Å². The molecule has 0 aromatic carbocycles. The van der Waals surface area contributed by atoms with Crippen LogP contribution in [0.25, 0.3) is 0 Å². The van der Waals surface area contributed by atoms with E-state index in [0.717, 1.165) is 18.6 Å². The van der Waals surface area contributed by atoms with Crippen molar-refractivity contribution in [2.24, 2.45) is 5.73 Å². The highest BCUT2D eigenvalue weighted by Crippen LogP contribution is 1.99.